The van der Waals surface area contributed by atoms with Gasteiger partial charge in [-0.25, -0.2) is 0 Å². The van der Waals surface area contributed by atoms with Crippen LogP contribution in [-0.4, -0.2) is 21.0 Å². The minimum absolute atomic E-state index is 0.231. The monoisotopic (exact) mass is 264 g/mol. The lowest BCUT2D eigenvalue weighted by molar-refractivity contribution is 0.136. The smallest absolute Gasteiger partial charge is 0.163 e. The van der Waals surface area contributed by atoms with Crippen molar-refractivity contribution in [2.24, 2.45) is 0 Å². The third-order valence-corrected chi connectivity index (χ3v) is 3.20. The van der Waals surface area contributed by atoms with Crippen molar-refractivity contribution < 1.29 is 5.11 Å². The zero-order valence-electron chi connectivity index (χ0n) is 11.7. The molecule has 1 aromatic heterocycles. The summed E-state index contributed by atoms with van der Waals surface area (Å²) in [5.74, 6) is 0.231. The zero-order valence-corrected chi connectivity index (χ0v) is 11.7. The van der Waals surface area contributed by atoms with Gasteiger partial charge in [0.05, 0.1) is 12.6 Å². The Hall–Kier alpha value is -1.54. The molecule has 0 fully saturated rings. The summed E-state index contributed by atoms with van der Waals surface area (Å²) in [7, 11) is 0. The maximum atomic E-state index is 9.89. The number of unbranched alkanes of at least 4 members (excludes halogenated alkanes) is 5. The van der Waals surface area contributed by atoms with Gasteiger partial charge in [-0.2, -0.15) is 10.4 Å². The van der Waals surface area contributed by atoms with Gasteiger partial charge in [-0.3, -0.25) is 4.68 Å². The molecule has 0 aliphatic carbocycles. The van der Waals surface area contributed by atoms with E-state index in [1.54, 1.807) is 10.9 Å². The molecule has 1 heterocycles. The quantitative estimate of drug-likeness (QED) is 0.670. The molecule has 0 aliphatic rings. The summed E-state index contributed by atoms with van der Waals surface area (Å²) in [6.45, 7) is 2.61. The molecule has 106 valence electrons. The molecule has 5 heteroatoms. The standard InChI is InChI=1S/C14H24N4O/c1-2-3-4-5-6-7-8-13(19)11-18-10-12(9-15)14(16)17-18/h10,13,19H,2-8,11H2,1H3,(H2,16,17)/t13-/m0/s1. The van der Waals surface area contributed by atoms with Crippen LogP contribution in [0.15, 0.2) is 6.20 Å². The number of nitrogens with zero attached hydrogens (tertiary/aromatic N) is 3. The number of nitrogens with two attached hydrogens (primary N) is 1. The van der Waals surface area contributed by atoms with Crippen LogP contribution >= 0.6 is 0 Å². The maximum absolute atomic E-state index is 9.89. The molecule has 0 saturated heterocycles. The number of aliphatic hydroxyl groups is 1. The molecule has 0 aromatic carbocycles. The van der Waals surface area contributed by atoms with Crippen LogP contribution in [0.5, 0.6) is 0 Å². The van der Waals surface area contributed by atoms with Crippen LogP contribution in [0.25, 0.3) is 0 Å². The molecule has 0 saturated carbocycles. The number of rotatable bonds is 9. The van der Waals surface area contributed by atoms with E-state index in [2.05, 4.69) is 12.0 Å². The van der Waals surface area contributed by atoms with E-state index in [0.717, 1.165) is 12.8 Å². The van der Waals surface area contributed by atoms with Crippen molar-refractivity contribution in [3.05, 3.63) is 11.8 Å². The third kappa shape index (κ3) is 5.75. The van der Waals surface area contributed by atoms with Crippen molar-refractivity contribution in [3.63, 3.8) is 0 Å². The summed E-state index contributed by atoms with van der Waals surface area (Å²) in [5, 5.41) is 22.7. The second-order valence-corrected chi connectivity index (χ2v) is 4.97. The maximum Gasteiger partial charge on any atom is 0.163 e. The molecule has 0 bridgehead atoms. The lowest BCUT2D eigenvalue weighted by Gasteiger charge is -2.10. The van der Waals surface area contributed by atoms with Crippen molar-refractivity contribution in [1.82, 2.24) is 9.78 Å². The van der Waals surface area contributed by atoms with Gasteiger partial charge in [-0.15, -0.1) is 0 Å². The van der Waals surface area contributed by atoms with Crippen molar-refractivity contribution >= 4 is 5.82 Å². The molecule has 0 amide bonds. The fraction of sp³-hybridized carbons (Fsp3) is 0.714. The molecule has 1 aromatic rings. The van der Waals surface area contributed by atoms with Crippen LogP contribution in [0.1, 0.15) is 57.4 Å². The fourth-order valence-electron chi connectivity index (χ4n) is 2.08. The Balaban J connectivity index is 2.20. The number of anilines is 1. The first-order valence-corrected chi connectivity index (χ1v) is 7.08. The summed E-state index contributed by atoms with van der Waals surface area (Å²) >= 11 is 0. The van der Waals surface area contributed by atoms with Gasteiger partial charge in [-0.05, 0) is 6.42 Å². The summed E-state index contributed by atoms with van der Waals surface area (Å²) in [6, 6.07) is 1.97. The number of hydrogen-bond acceptors (Lipinski definition) is 4. The van der Waals surface area contributed by atoms with E-state index >= 15 is 0 Å². The Bertz CT molecular complexity index is 408. The average molecular weight is 264 g/mol. The zero-order chi connectivity index (χ0) is 14.1. The van der Waals surface area contributed by atoms with Crippen LogP contribution in [0.4, 0.5) is 5.82 Å². The molecule has 5 nitrogen and oxygen atoms in total. The number of aromatic nitrogens is 2. The first-order chi connectivity index (χ1) is 9.17. The lowest BCUT2D eigenvalue weighted by atomic mass is 10.1. The van der Waals surface area contributed by atoms with Gasteiger partial charge in [0, 0.05) is 6.20 Å². The molecule has 0 radical (unpaired) electrons. The summed E-state index contributed by atoms with van der Waals surface area (Å²) in [6.07, 6.45) is 9.22. The summed E-state index contributed by atoms with van der Waals surface area (Å²) < 4.78 is 1.55. The molecule has 0 aliphatic heterocycles. The van der Waals surface area contributed by atoms with Crippen LogP contribution in [0.3, 0.4) is 0 Å². The van der Waals surface area contributed by atoms with E-state index in [1.807, 2.05) is 6.07 Å². The highest BCUT2D eigenvalue weighted by Crippen LogP contribution is 2.11. The van der Waals surface area contributed by atoms with Crippen LogP contribution in [0.2, 0.25) is 0 Å². The number of nitrogen functional groups attached to an aromatic ring is 1. The molecular formula is C14H24N4O. The van der Waals surface area contributed by atoms with Crippen molar-refractivity contribution in [2.45, 2.75) is 64.5 Å². The molecule has 19 heavy (non-hydrogen) atoms. The van der Waals surface area contributed by atoms with Gasteiger partial charge in [0.25, 0.3) is 0 Å². The van der Waals surface area contributed by atoms with E-state index in [1.165, 1.54) is 32.1 Å². The van der Waals surface area contributed by atoms with Crippen molar-refractivity contribution in [2.75, 3.05) is 5.73 Å². The highest BCUT2D eigenvalue weighted by Gasteiger charge is 2.09. The van der Waals surface area contributed by atoms with Crippen LogP contribution < -0.4 is 5.73 Å². The van der Waals surface area contributed by atoms with Gasteiger partial charge in [0.1, 0.15) is 11.6 Å². The lowest BCUT2D eigenvalue weighted by Crippen LogP contribution is -2.16. The van der Waals surface area contributed by atoms with Crippen LogP contribution in [-0.2, 0) is 6.54 Å². The van der Waals surface area contributed by atoms with Crippen LogP contribution in [0, 0.1) is 11.3 Å². The minimum atomic E-state index is -0.419. The fourth-order valence-corrected chi connectivity index (χ4v) is 2.08. The van der Waals surface area contributed by atoms with Gasteiger partial charge in [-0.1, -0.05) is 45.4 Å². The minimum Gasteiger partial charge on any atom is -0.391 e. The Morgan fingerprint density at radius 2 is 2.05 bits per heavy atom. The molecule has 1 rings (SSSR count). The summed E-state index contributed by atoms with van der Waals surface area (Å²) in [5.41, 5.74) is 5.93. The third-order valence-electron chi connectivity index (χ3n) is 3.20. The second-order valence-electron chi connectivity index (χ2n) is 4.97. The Labute approximate surface area is 115 Å². The first kappa shape index (κ1) is 15.5. The number of hydrogen-bond donors (Lipinski definition) is 2. The highest BCUT2D eigenvalue weighted by molar-refractivity contribution is 5.46. The van der Waals surface area contributed by atoms with E-state index < -0.39 is 6.10 Å². The van der Waals surface area contributed by atoms with Gasteiger partial charge >= 0.3 is 0 Å². The van der Waals surface area contributed by atoms with E-state index in [-0.39, 0.29) is 5.82 Å². The van der Waals surface area contributed by atoms with E-state index in [0.29, 0.717) is 12.1 Å². The Morgan fingerprint density at radius 1 is 1.37 bits per heavy atom. The molecular weight excluding hydrogens is 240 g/mol. The molecule has 3 N–H and O–H groups in total. The van der Waals surface area contributed by atoms with Gasteiger partial charge in [0.2, 0.25) is 0 Å². The van der Waals surface area contributed by atoms with Gasteiger partial charge < -0.3 is 10.8 Å². The molecule has 1 atom stereocenters. The second kappa shape index (κ2) is 8.54. The number of aliphatic hydroxyl groups excluding tert-OH is 1. The molecule has 0 spiro atoms. The predicted molar refractivity (Wildman–Crippen MR) is 75.4 cm³/mol. The normalized spacial score (nSPS) is 12.3. The van der Waals surface area contributed by atoms with Gasteiger partial charge in [0.15, 0.2) is 5.82 Å². The highest BCUT2D eigenvalue weighted by atomic mass is 16.3. The number of nitriles is 1. The first-order valence-electron chi connectivity index (χ1n) is 7.08. The van der Waals surface area contributed by atoms with Crippen molar-refractivity contribution in [1.29, 1.82) is 5.26 Å². The Morgan fingerprint density at radius 3 is 2.68 bits per heavy atom. The molecule has 0 unspecified atom stereocenters. The van der Waals surface area contributed by atoms with E-state index in [9.17, 15) is 5.11 Å². The average Bonchev–Trinajstić information content (AvgIpc) is 2.73. The largest absolute Gasteiger partial charge is 0.391 e. The van der Waals surface area contributed by atoms with E-state index in [4.69, 9.17) is 11.0 Å². The predicted octanol–water partition coefficient (Wildman–Crippen LogP) is 2.45. The topological polar surface area (TPSA) is 87.9 Å². The van der Waals surface area contributed by atoms with Crippen molar-refractivity contribution in [3.8, 4) is 6.07 Å². The SMILES string of the molecule is CCCCCCCC[C@H](O)Cn1cc(C#N)c(N)n1. The Kier molecular flexibility index (Phi) is 6.98. The summed E-state index contributed by atoms with van der Waals surface area (Å²) in [4.78, 5) is 0.